The van der Waals surface area contributed by atoms with Crippen molar-refractivity contribution in [3.63, 3.8) is 0 Å². The summed E-state index contributed by atoms with van der Waals surface area (Å²) in [5.41, 5.74) is -0.129. The molecule has 0 spiro atoms. The van der Waals surface area contributed by atoms with Gasteiger partial charge in [0.1, 0.15) is 5.69 Å². The average Bonchev–Trinajstić information content (AvgIpc) is 2.45. The number of hydrogen-bond acceptors (Lipinski definition) is 4. The molecule has 1 saturated carbocycles. The lowest BCUT2D eigenvalue weighted by Crippen LogP contribution is -2.53. The third-order valence-corrected chi connectivity index (χ3v) is 4.21. The number of likely N-dealkylation sites (N-methyl/N-ethyl adjacent to an activating group) is 1. The lowest BCUT2D eigenvalue weighted by molar-refractivity contribution is 0.0795. The van der Waals surface area contributed by atoms with Crippen LogP contribution >= 0.6 is 0 Å². The van der Waals surface area contributed by atoms with Crippen LogP contribution in [0.25, 0.3) is 0 Å². The fraction of sp³-hybridized carbons (Fsp3) is 0.643. The van der Waals surface area contributed by atoms with E-state index >= 15 is 0 Å². The summed E-state index contributed by atoms with van der Waals surface area (Å²) in [6.07, 6.45) is 8.35. The molecule has 6 nitrogen and oxygen atoms in total. The van der Waals surface area contributed by atoms with Crippen molar-refractivity contribution >= 4 is 5.91 Å². The van der Waals surface area contributed by atoms with Crippen molar-refractivity contribution in [2.24, 2.45) is 0 Å². The number of carbonyl (C=O) groups is 1. The zero-order valence-electron chi connectivity index (χ0n) is 12.1. The highest BCUT2D eigenvalue weighted by molar-refractivity contribution is 5.91. The lowest BCUT2D eigenvalue weighted by Gasteiger charge is -2.43. The molecule has 0 unspecified atom stereocenters. The number of nitrogens with one attached hydrogen (secondary N) is 2. The lowest BCUT2D eigenvalue weighted by atomic mass is 9.80. The SMILES string of the molecule is CN(C)C1(CNC(=O)c2cncc(=O)[nH]2)CCCCC1. The third kappa shape index (κ3) is 3.25. The number of H-pyrrole nitrogens is 1. The van der Waals surface area contributed by atoms with Gasteiger partial charge in [-0.25, -0.2) is 0 Å². The first-order chi connectivity index (χ1) is 9.53. The molecule has 0 aliphatic heterocycles. The second kappa shape index (κ2) is 6.17. The summed E-state index contributed by atoms with van der Waals surface area (Å²) in [5.74, 6) is -0.276. The van der Waals surface area contributed by atoms with E-state index in [4.69, 9.17) is 0 Å². The summed E-state index contributed by atoms with van der Waals surface area (Å²) in [6.45, 7) is 0.593. The molecule has 1 fully saturated rings. The van der Waals surface area contributed by atoms with Gasteiger partial charge in [-0.1, -0.05) is 19.3 Å². The van der Waals surface area contributed by atoms with Gasteiger partial charge in [0.25, 0.3) is 11.5 Å². The number of carbonyl (C=O) groups excluding carboxylic acids is 1. The van der Waals surface area contributed by atoms with Crippen LogP contribution in [0.3, 0.4) is 0 Å². The number of amides is 1. The predicted octanol–water partition coefficient (Wildman–Crippen LogP) is 0.764. The van der Waals surface area contributed by atoms with Crippen LogP contribution in [0.4, 0.5) is 0 Å². The van der Waals surface area contributed by atoms with E-state index in [9.17, 15) is 9.59 Å². The topological polar surface area (TPSA) is 78.1 Å². The first-order valence-electron chi connectivity index (χ1n) is 7.03. The van der Waals surface area contributed by atoms with Gasteiger partial charge in [-0.2, -0.15) is 0 Å². The fourth-order valence-corrected chi connectivity index (χ4v) is 2.82. The quantitative estimate of drug-likeness (QED) is 0.852. The van der Waals surface area contributed by atoms with Crippen LogP contribution in [0.2, 0.25) is 0 Å². The number of aromatic nitrogens is 2. The molecule has 1 aliphatic carbocycles. The molecule has 0 atom stereocenters. The van der Waals surface area contributed by atoms with Gasteiger partial charge in [0.2, 0.25) is 0 Å². The molecule has 20 heavy (non-hydrogen) atoms. The van der Waals surface area contributed by atoms with Crippen molar-refractivity contribution in [1.29, 1.82) is 0 Å². The van der Waals surface area contributed by atoms with E-state index in [2.05, 4.69) is 34.3 Å². The van der Waals surface area contributed by atoms with Crippen molar-refractivity contribution in [2.75, 3.05) is 20.6 Å². The zero-order chi connectivity index (χ0) is 14.6. The summed E-state index contributed by atoms with van der Waals surface area (Å²) < 4.78 is 0. The van der Waals surface area contributed by atoms with Crippen molar-refractivity contribution in [2.45, 2.75) is 37.6 Å². The van der Waals surface area contributed by atoms with E-state index in [0.717, 1.165) is 19.0 Å². The number of nitrogens with zero attached hydrogens (tertiary/aromatic N) is 2. The molecule has 6 heteroatoms. The average molecular weight is 278 g/mol. The van der Waals surface area contributed by atoms with Crippen LogP contribution in [0, 0.1) is 0 Å². The van der Waals surface area contributed by atoms with Crippen molar-refractivity contribution < 1.29 is 4.79 Å². The Balaban J connectivity index is 2.02. The monoisotopic (exact) mass is 278 g/mol. The van der Waals surface area contributed by atoms with E-state index in [-0.39, 0.29) is 22.7 Å². The summed E-state index contributed by atoms with van der Waals surface area (Å²) in [4.78, 5) is 31.7. The van der Waals surface area contributed by atoms with Crippen LogP contribution in [0.1, 0.15) is 42.6 Å². The van der Waals surface area contributed by atoms with Crippen LogP contribution in [0.15, 0.2) is 17.2 Å². The Morgan fingerprint density at radius 1 is 1.35 bits per heavy atom. The first kappa shape index (κ1) is 14.7. The van der Waals surface area contributed by atoms with Gasteiger partial charge >= 0.3 is 0 Å². The molecular formula is C14H22N4O2. The summed E-state index contributed by atoms with van der Waals surface area (Å²) in [5, 5.41) is 2.93. The van der Waals surface area contributed by atoms with Gasteiger partial charge in [-0.15, -0.1) is 0 Å². The van der Waals surface area contributed by atoms with Crippen LogP contribution in [-0.4, -0.2) is 47.0 Å². The standard InChI is InChI=1S/C14H22N4O2/c1-18(2)14(6-4-3-5-7-14)10-16-13(20)11-8-15-9-12(19)17-11/h8-9H,3-7,10H2,1-2H3,(H,16,20)(H,17,19). The fourth-order valence-electron chi connectivity index (χ4n) is 2.82. The molecule has 0 aromatic carbocycles. The second-order valence-corrected chi connectivity index (χ2v) is 5.67. The van der Waals surface area contributed by atoms with E-state index in [1.165, 1.54) is 25.5 Å². The maximum Gasteiger partial charge on any atom is 0.269 e. The molecule has 0 saturated heterocycles. The predicted molar refractivity (Wildman–Crippen MR) is 76.7 cm³/mol. The highest BCUT2D eigenvalue weighted by Crippen LogP contribution is 2.31. The van der Waals surface area contributed by atoms with Crippen molar-refractivity contribution in [3.05, 3.63) is 28.4 Å². The van der Waals surface area contributed by atoms with E-state index in [1.54, 1.807) is 0 Å². The number of hydrogen-bond donors (Lipinski definition) is 2. The van der Waals surface area contributed by atoms with Crippen LogP contribution in [-0.2, 0) is 0 Å². The maximum atomic E-state index is 12.1. The summed E-state index contributed by atoms with van der Waals surface area (Å²) in [7, 11) is 4.12. The smallest absolute Gasteiger partial charge is 0.269 e. The van der Waals surface area contributed by atoms with E-state index in [0.29, 0.717) is 6.54 Å². The molecule has 1 heterocycles. The molecule has 0 radical (unpaired) electrons. The molecule has 0 bridgehead atoms. The molecule has 2 rings (SSSR count). The molecular weight excluding hydrogens is 256 g/mol. The van der Waals surface area contributed by atoms with Crippen LogP contribution in [0.5, 0.6) is 0 Å². The highest BCUT2D eigenvalue weighted by atomic mass is 16.2. The normalized spacial score (nSPS) is 17.9. The van der Waals surface area contributed by atoms with Gasteiger partial charge < -0.3 is 15.2 Å². The Morgan fingerprint density at radius 2 is 2.05 bits per heavy atom. The molecule has 1 aromatic rings. The Labute approximate surface area is 118 Å². The van der Waals surface area contributed by atoms with Crippen molar-refractivity contribution in [3.8, 4) is 0 Å². The maximum absolute atomic E-state index is 12.1. The number of rotatable bonds is 4. The van der Waals surface area contributed by atoms with Gasteiger partial charge in [0.05, 0.1) is 12.4 Å². The second-order valence-electron chi connectivity index (χ2n) is 5.67. The summed E-state index contributed by atoms with van der Waals surface area (Å²) in [6, 6.07) is 0. The molecule has 1 amide bonds. The molecule has 1 aromatic heterocycles. The Kier molecular flexibility index (Phi) is 4.54. The largest absolute Gasteiger partial charge is 0.349 e. The minimum atomic E-state index is -0.363. The molecule has 110 valence electrons. The minimum absolute atomic E-state index is 0.0242. The summed E-state index contributed by atoms with van der Waals surface area (Å²) >= 11 is 0. The van der Waals surface area contributed by atoms with Gasteiger partial charge in [-0.3, -0.25) is 14.6 Å². The van der Waals surface area contributed by atoms with E-state index < -0.39 is 0 Å². The Bertz CT molecular complexity index is 518. The molecule has 1 aliphatic rings. The van der Waals surface area contributed by atoms with Crippen LogP contribution < -0.4 is 10.9 Å². The van der Waals surface area contributed by atoms with Gasteiger partial charge in [-0.05, 0) is 26.9 Å². The first-order valence-corrected chi connectivity index (χ1v) is 7.03. The minimum Gasteiger partial charge on any atom is -0.349 e. The number of aromatic amines is 1. The Hall–Kier alpha value is -1.69. The Morgan fingerprint density at radius 3 is 2.65 bits per heavy atom. The van der Waals surface area contributed by atoms with Gasteiger partial charge in [0, 0.05) is 12.1 Å². The van der Waals surface area contributed by atoms with E-state index in [1.807, 2.05) is 0 Å². The van der Waals surface area contributed by atoms with Gasteiger partial charge in [0.15, 0.2) is 0 Å². The third-order valence-electron chi connectivity index (χ3n) is 4.21. The van der Waals surface area contributed by atoms with Crippen molar-refractivity contribution in [1.82, 2.24) is 20.2 Å². The highest BCUT2D eigenvalue weighted by Gasteiger charge is 2.34. The zero-order valence-corrected chi connectivity index (χ0v) is 12.1. The molecule has 2 N–H and O–H groups in total.